The molecule has 1 fully saturated rings. The number of hydrogen-bond donors (Lipinski definition) is 2. The van der Waals surface area contributed by atoms with Gasteiger partial charge in [0, 0.05) is 22.1 Å². The Balaban J connectivity index is 1.85. The number of nitrogens with two attached hydrogens (primary N) is 1. The van der Waals surface area contributed by atoms with Gasteiger partial charge in [-0.2, -0.15) is 5.26 Å². The van der Waals surface area contributed by atoms with Gasteiger partial charge in [-0.3, -0.25) is 0 Å². The summed E-state index contributed by atoms with van der Waals surface area (Å²) in [5.74, 6) is 0.196. The molecule has 3 rings (SSSR count). The van der Waals surface area contributed by atoms with Gasteiger partial charge in [0.15, 0.2) is 0 Å². The fourth-order valence-electron chi connectivity index (χ4n) is 2.30. The standard InChI is InChI=1S/C15H13BrFN3S/c16-10-3-4-11(17)9(5-10)7-20-15-13(8-1-2-8)14(19)12(6-18)21-15/h3-5,8,20H,1-2,7,19H2. The first-order valence-electron chi connectivity index (χ1n) is 6.60. The largest absolute Gasteiger partial charge is 0.397 e. The van der Waals surface area contributed by atoms with Crippen LogP contribution in [-0.4, -0.2) is 0 Å². The maximum atomic E-state index is 13.8. The number of nitriles is 1. The first kappa shape index (κ1) is 14.4. The van der Waals surface area contributed by atoms with Crippen molar-refractivity contribution in [1.82, 2.24) is 0 Å². The SMILES string of the molecule is N#Cc1sc(NCc2cc(Br)ccc2F)c(C2CC2)c1N. The summed E-state index contributed by atoms with van der Waals surface area (Å²) in [6.07, 6.45) is 2.21. The Morgan fingerprint density at radius 2 is 2.24 bits per heavy atom. The summed E-state index contributed by atoms with van der Waals surface area (Å²) in [7, 11) is 0. The molecule has 0 spiro atoms. The smallest absolute Gasteiger partial charge is 0.130 e. The predicted molar refractivity (Wildman–Crippen MR) is 86.8 cm³/mol. The zero-order valence-electron chi connectivity index (χ0n) is 11.1. The molecule has 6 heteroatoms. The summed E-state index contributed by atoms with van der Waals surface area (Å²) in [5, 5.41) is 13.2. The molecule has 1 aliphatic carbocycles. The van der Waals surface area contributed by atoms with Gasteiger partial charge < -0.3 is 11.1 Å². The number of nitrogen functional groups attached to an aromatic ring is 1. The van der Waals surface area contributed by atoms with E-state index in [4.69, 9.17) is 11.0 Å². The molecule has 3 N–H and O–H groups in total. The first-order valence-corrected chi connectivity index (χ1v) is 8.21. The number of hydrogen-bond acceptors (Lipinski definition) is 4. The molecule has 1 aromatic heterocycles. The minimum Gasteiger partial charge on any atom is -0.397 e. The zero-order chi connectivity index (χ0) is 15.0. The average molecular weight is 366 g/mol. The fourth-order valence-corrected chi connectivity index (χ4v) is 3.71. The van der Waals surface area contributed by atoms with Gasteiger partial charge in [-0.05, 0) is 37.0 Å². The van der Waals surface area contributed by atoms with E-state index in [1.807, 2.05) is 0 Å². The molecule has 0 amide bonds. The Bertz CT molecular complexity index is 731. The summed E-state index contributed by atoms with van der Waals surface area (Å²) in [5.41, 5.74) is 8.24. The molecule has 0 radical (unpaired) electrons. The second-order valence-corrected chi connectivity index (χ2v) is 7.00. The number of benzene rings is 1. The molecule has 1 aliphatic rings. The molecule has 21 heavy (non-hydrogen) atoms. The highest BCUT2D eigenvalue weighted by atomic mass is 79.9. The van der Waals surface area contributed by atoms with E-state index in [-0.39, 0.29) is 5.82 Å². The van der Waals surface area contributed by atoms with Crippen molar-refractivity contribution in [3.05, 3.63) is 44.5 Å². The minimum atomic E-state index is -0.247. The zero-order valence-corrected chi connectivity index (χ0v) is 13.5. The first-order chi connectivity index (χ1) is 10.1. The highest BCUT2D eigenvalue weighted by Crippen LogP contribution is 2.50. The minimum absolute atomic E-state index is 0.247. The van der Waals surface area contributed by atoms with Crippen LogP contribution in [0, 0.1) is 17.1 Å². The number of nitrogens with one attached hydrogen (secondary N) is 1. The lowest BCUT2D eigenvalue weighted by atomic mass is 10.1. The lowest BCUT2D eigenvalue weighted by molar-refractivity contribution is 0.612. The van der Waals surface area contributed by atoms with Gasteiger partial charge in [0.2, 0.25) is 0 Å². The van der Waals surface area contributed by atoms with Crippen LogP contribution in [0.5, 0.6) is 0 Å². The number of halogens is 2. The van der Waals surface area contributed by atoms with Gasteiger partial charge in [0.25, 0.3) is 0 Å². The van der Waals surface area contributed by atoms with Crippen LogP contribution in [0.1, 0.15) is 34.8 Å². The Kier molecular flexibility index (Phi) is 3.87. The highest BCUT2D eigenvalue weighted by molar-refractivity contribution is 9.10. The summed E-state index contributed by atoms with van der Waals surface area (Å²) in [6.45, 7) is 0.371. The van der Waals surface area contributed by atoms with E-state index in [0.29, 0.717) is 28.6 Å². The number of rotatable bonds is 4. The second kappa shape index (κ2) is 5.66. The van der Waals surface area contributed by atoms with Crippen LogP contribution in [0.4, 0.5) is 15.1 Å². The van der Waals surface area contributed by atoms with Crippen molar-refractivity contribution in [2.45, 2.75) is 25.3 Å². The van der Waals surface area contributed by atoms with Crippen molar-refractivity contribution >= 4 is 38.0 Å². The number of nitrogens with zero attached hydrogens (tertiary/aromatic N) is 1. The molecule has 108 valence electrons. The van der Waals surface area contributed by atoms with Crippen molar-refractivity contribution in [2.75, 3.05) is 11.1 Å². The van der Waals surface area contributed by atoms with E-state index < -0.39 is 0 Å². The Morgan fingerprint density at radius 3 is 2.90 bits per heavy atom. The Morgan fingerprint density at radius 1 is 1.48 bits per heavy atom. The van der Waals surface area contributed by atoms with Crippen LogP contribution < -0.4 is 11.1 Å². The van der Waals surface area contributed by atoms with E-state index in [2.05, 4.69) is 27.3 Å². The topological polar surface area (TPSA) is 61.8 Å². The van der Waals surface area contributed by atoms with Crippen LogP contribution >= 0.6 is 27.3 Å². The van der Waals surface area contributed by atoms with E-state index in [1.54, 1.807) is 12.1 Å². The van der Waals surface area contributed by atoms with Gasteiger partial charge in [-0.1, -0.05) is 15.9 Å². The van der Waals surface area contributed by atoms with Crippen molar-refractivity contribution in [3.8, 4) is 6.07 Å². The summed E-state index contributed by atoms with van der Waals surface area (Å²) in [4.78, 5) is 0.536. The molecule has 1 heterocycles. The van der Waals surface area contributed by atoms with E-state index >= 15 is 0 Å². The van der Waals surface area contributed by atoms with Crippen LogP contribution in [-0.2, 0) is 6.54 Å². The van der Waals surface area contributed by atoms with E-state index in [0.717, 1.165) is 27.9 Å². The highest BCUT2D eigenvalue weighted by Gasteiger charge is 2.31. The van der Waals surface area contributed by atoms with Gasteiger partial charge in [-0.15, -0.1) is 11.3 Å². The van der Waals surface area contributed by atoms with Gasteiger partial charge in [-0.25, -0.2) is 4.39 Å². The molecular formula is C15H13BrFN3S. The summed E-state index contributed by atoms with van der Waals surface area (Å²) in [6, 6.07) is 6.99. The molecule has 0 unspecified atom stereocenters. The van der Waals surface area contributed by atoms with Crippen molar-refractivity contribution < 1.29 is 4.39 Å². The van der Waals surface area contributed by atoms with Crippen LogP contribution in [0.15, 0.2) is 22.7 Å². The number of thiophene rings is 1. The average Bonchev–Trinajstić information content (AvgIpc) is 3.24. The summed E-state index contributed by atoms with van der Waals surface area (Å²) < 4.78 is 14.6. The summed E-state index contributed by atoms with van der Waals surface area (Å²) >= 11 is 4.69. The third kappa shape index (κ3) is 2.89. The van der Waals surface area contributed by atoms with Crippen molar-refractivity contribution in [1.29, 1.82) is 5.26 Å². The third-order valence-corrected chi connectivity index (χ3v) is 5.09. The van der Waals surface area contributed by atoms with Crippen LogP contribution in [0.25, 0.3) is 0 Å². The Hall–Kier alpha value is -1.58. The predicted octanol–water partition coefficient (Wildman–Crippen LogP) is 4.59. The molecular weight excluding hydrogens is 353 g/mol. The molecule has 2 aromatic rings. The van der Waals surface area contributed by atoms with Crippen molar-refractivity contribution in [2.24, 2.45) is 0 Å². The Labute approximate surface area is 134 Å². The maximum absolute atomic E-state index is 13.8. The quantitative estimate of drug-likeness (QED) is 0.832. The molecule has 0 bridgehead atoms. The number of anilines is 2. The molecule has 3 nitrogen and oxygen atoms in total. The maximum Gasteiger partial charge on any atom is 0.130 e. The van der Waals surface area contributed by atoms with Gasteiger partial charge in [0.05, 0.1) is 10.7 Å². The normalized spacial score (nSPS) is 14.0. The second-order valence-electron chi connectivity index (χ2n) is 5.06. The van der Waals surface area contributed by atoms with Gasteiger partial charge >= 0.3 is 0 Å². The molecule has 0 atom stereocenters. The molecule has 1 aromatic carbocycles. The van der Waals surface area contributed by atoms with Crippen LogP contribution in [0.3, 0.4) is 0 Å². The van der Waals surface area contributed by atoms with Crippen LogP contribution in [0.2, 0.25) is 0 Å². The third-order valence-electron chi connectivity index (χ3n) is 3.52. The molecule has 0 saturated heterocycles. The lowest BCUT2D eigenvalue weighted by Crippen LogP contribution is -2.02. The monoisotopic (exact) mass is 365 g/mol. The van der Waals surface area contributed by atoms with Gasteiger partial charge in [0.1, 0.15) is 16.8 Å². The molecule has 1 saturated carbocycles. The van der Waals surface area contributed by atoms with Crippen molar-refractivity contribution in [3.63, 3.8) is 0 Å². The lowest BCUT2D eigenvalue weighted by Gasteiger charge is -2.08. The van der Waals surface area contributed by atoms with E-state index in [1.165, 1.54) is 17.4 Å². The molecule has 0 aliphatic heterocycles. The fraction of sp³-hybridized carbons (Fsp3) is 0.267. The van der Waals surface area contributed by atoms with E-state index in [9.17, 15) is 4.39 Å².